The molecule has 2 bridgehead atoms. The van der Waals surface area contributed by atoms with Crippen LogP contribution >= 0.6 is 0 Å². The number of fused-ring (bicyclic) bond motifs is 1. The molecule has 3 heterocycles. The molecule has 0 saturated carbocycles. The molecule has 6 unspecified atom stereocenters. The molecule has 6 atom stereocenters. The summed E-state index contributed by atoms with van der Waals surface area (Å²) < 4.78 is 22.9. The zero-order valence-corrected chi connectivity index (χ0v) is 7.75. The molecule has 3 aliphatic heterocycles. The Morgan fingerprint density at radius 1 is 1.50 bits per heavy atom. The van der Waals surface area contributed by atoms with E-state index in [1.807, 2.05) is 0 Å². The van der Waals surface area contributed by atoms with Crippen LogP contribution in [-0.2, 0) is 18.7 Å². The summed E-state index contributed by atoms with van der Waals surface area (Å²) in [7, 11) is -2.29. The van der Waals surface area contributed by atoms with Gasteiger partial charge in [0, 0.05) is 5.92 Å². The second-order valence-electron chi connectivity index (χ2n) is 4.00. The minimum Gasteiger partial charge on any atom is -0.370 e. The zero-order valence-electron chi connectivity index (χ0n) is 6.93. The van der Waals surface area contributed by atoms with Gasteiger partial charge in [0.05, 0.1) is 21.2 Å². The summed E-state index contributed by atoms with van der Waals surface area (Å²) in [6.07, 6.45) is 1.29. The van der Waals surface area contributed by atoms with Crippen LogP contribution in [-0.4, -0.2) is 33.6 Å². The van der Waals surface area contributed by atoms with E-state index in [1.54, 1.807) is 0 Å². The van der Waals surface area contributed by atoms with Gasteiger partial charge < -0.3 is 4.74 Å². The lowest BCUT2D eigenvalue weighted by Gasteiger charge is -2.16. The van der Waals surface area contributed by atoms with E-state index >= 15 is 0 Å². The van der Waals surface area contributed by atoms with Crippen LogP contribution in [0.25, 0.3) is 0 Å². The van der Waals surface area contributed by atoms with Crippen molar-refractivity contribution in [1.29, 1.82) is 0 Å². The lowest BCUT2D eigenvalue weighted by atomic mass is 9.88. The topological polar surface area (TPSA) is 35.5 Å². The van der Waals surface area contributed by atoms with Gasteiger partial charge in [0.2, 0.25) is 0 Å². The van der Waals surface area contributed by atoms with Gasteiger partial charge in [-0.05, 0) is 12.3 Å². The Hall–Kier alpha value is -0.0600. The van der Waals surface area contributed by atoms with Crippen molar-refractivity contribution in [2.75, 3.05) is 0 Å². The molecular weight excluding hydrogens is 176 g/mol. The highest BCUT2D eigenvalue weighted by molar-refractivity contribution is 7.96. The highest BCUT2D eigenvalue weighted by Gasteiger charge is 2.61. The fourth-order valence-electron chi connectivity index (χ4n) is 2.60. The van der Waals surface area contributed by atoms with E-state index in [2.05, 4.69) is 12.8 Å². The molecule has 0 radical (unpaired) electrons. The monoisotopic (exact) mass is 188 g/mol. The fourth-order valence-corrected chi connectivity index (χ4v) is 4.51. The average molecular weight is 188 g/mol. The predicted octanol–water partition coefficient (Wildman–Crippen LogP) is 0.192. The van der Waals surface area contributed by atoms with Gasteiger partial charge in [0.25, 0.3) is 0 Å². The van der Waals surface area contributed by atoms with Crippen molar-refractivity contribution in [1.82, 2.24) is 0 Å². The van der Waals surface area contributed by atoms with Crippen molar-refractivity contribution in [3.8, 4) is 0 Å². The second-order valence-corrected chi connectivity index (χ2v) is 6.12. The Morgan fingerprint density at radius 2 is 2.25 bits per heavy atom. The molecule has 68 valence electrons. The summed E-state index contributed by atoms with van der Waals surface area (Å²) >= 11 is 0. The molecule has 3 nitrogen and oxygen atoms in total. The Morgan fingerprint density at radius 3 is 2.83 bits per heavy atom. The molecule has 0 aromatic heterocycles. The summed E-state index contributed by atoms with van der Waals surface area (Å²) in [4.78, 5) is 0. The normalized spacial score (nSPS) is 67.6. The molecule has 12 heavy (non-hydrogen) atoms. The van der Waals surface area contributed by atoms with E-state index in [4.69, 9.17) is 8.92 Å². The third kappa shape index (κ3) is 0.651. The maximum Gasteiger partial charge on any atom is 0.107 e. The standard InChI is InChI=1S/C8H12O3S/c1-4-5-3-6-8(10-5)7(4)11-12(6,2)9/h4-8H,2-3H2,1H3. The SMILES string of the molecule is C=S1(=O)OC2C(C)C3CC1C2O3. The Bertz CT molecular complexity index is 321. The predicted molar refractivity (Wildman–Crippen MR) is 46.4 cm³/mol. The molecule has 0 aromatic rings. The van der Waals surface area contributed by atoms with Crippen LogP contribution in [0.2, 0.25) is 0 Å². The van der Waals surface area contributed by atoms with E-state index in [1.165, 1.54) is 0 Å². The molecule has 4 heteroatoms. The van der Waals surface area contributed by atoms with Gasteiger partial charge in [-0.1, -0.05) is 6.92 Å². The van der Waals surface area contributed by atoms with Gasteiger partial charge >= 0.3 is 0 Å². The van der Waals surface area contributed by atoms with Crippen molar-refractivity contribution in [3.05, 3.63) is 0 Å². The van der Waals surface area contributed by atoms with E-state index in [0.29, 0.717) is 5.92 Å². The minimum absolute atomic E-state index is 0.0544. The molecule has 3 rings (SSSR count). The number of rotatable bonds is 0. The van der Waals surface area contributed by atoms with Gasteiger partial charge in [-0.2, -0.15) is 0 Å². The van der Waals surface area contributed by atoms with Crippen molar-refractivity contribution in [3.63, 3.8) is 0 Å². The summed E-state index contributed by atoms with van der Waals surface area (Å²) in [6, 6.07) is 0. The second kappa shape index (κ2) is 1.89. The maximum absolute atomic E-state index is 11.8. The number of hydrogen-bond acceptors (Lipinski definition) is 3. The van der Waals surface area contributed by atoms with Crippen LogP contribution in [0.5, 0.6) is 0 Å². The highest BCUT2D eigenvalue weighted by Crippen LogP contribution is 2.49. The number of ether oxygens (including phenoxy) is 1. The first-order valence-electron chi connectivity index (χ1n) is 4.29. The average Bonchev–Trinajstić information content (AvgIpc) is 2.54. The Balaban J connectivity index is 2.11. The van der Waals surface area contributed by atoms with Gasteiger partial charge in [0.1, 0.15) is 12.2 Å². The van der Waals surface area contributed by atoms with Crippen LogP contribution in [0.1, 0.15) is 13.3 Å². The molecular formula is C8H12O3S. The Labute approximate surface area is 72.3 Å². The fraction of sp³-hybridized carbons (Fsp3) is 0.875. The van der Waals surface area contributed by atoms with E-state index < -0.39 is 9.80 Å². The van der Waals surface area contributed by atoms with Gasteiger partial charge in [-0.25, -0.2) is 4.21 Å². The minimum atomic E-state index is -2.29. The molecule has 0 spiro atoms. The first-order chi connectivity index (χ1) is 5.59. The quantitative estimate of drug-likeness (QED) is 0.509. The van der Waals surface area contributed by atoms with Crippen LogP contribution in [0.3, 0.4) is 0 Å². The molecule has 3 aliphatic rings. The third-order valence-electron chi connectivity index (χ3n) is 3.33. The Kier molecular flexibility index (Phi) is 1.16. The van der Waals surface area contributed by atoms with Crippen LogP contribution in [0.4, 0.5) is 0 Å². The molecule has 3 saturated heterocycles. The number of hydrogen-bond donors (Lipinski definition) is 0. The van der Waals surface area contributed by atoms with Gasteiger partial charge in [-0.3, -0.25) is 4.18 Å². The smallest absolute Gasteiger partial charge is 0.107 e. The van der Waals surface area contributed by atoms with Crippen molar-refractivity contribution < 1.29 is 13.1 Å². The van der Waals surface area contributed by atoms with E-state index in [9.17, 15) is 4.21 Å². The van der Waals surface area contributed by atoms with Crippen LogP contribution < -0.4 is 0 Å². The van der Waals surface area contributed by atoms with E-state index in [0.717, 1.165) is 6.42 Å². The third-order valence-corrected chi connectivity index (χ3v) is 5.26. The molecule has 0 N–H and O–H groups in total. The maximum atomic E-state index is 11.8. The van der Waals surface area contributed by atoms with Gasteiger partial charge in [0.15, 0.2) is 0 Å². The lowest BCUT2D eigenvalue weighted by molar-refractivity contribution is 0.0833. The first-order valence-corrected chi connectivity index (χ1v) is 6.01. The molecule has 0 amide bonds. The summed E-state index contributed by atoms with van der Waals surface area (Å²) in [5.41, 5.74) is 0. The van der Waals surface area contributed by atoms with Crippen molar-refractivity contribution >= 4 is 15.7 Å². The molecule has 0 aliphatic carbocycles. The van der Waals surface area contributed by atoms with Crippen molar-refractivity contribution in [2.45, 2.75) is 36.9 Å². The van der Waals surface area contributed by atoms with Crippen LogP contribution in [0, 0.1) is 5.92 Å². The zero-order chi connectivity index (χ0) is 8.51. The summed E-state index contributed by atoms with van der Waals surface area (Å²) in [5, 5.41) is 0.0729. The summed E-state index contributed by atoms with van der Waals surface area (Å²) in [5.74, 6) is 4.05. The lowest BCUT2D eigenvalue weighted by Crippen LogP contribution is -2.32. The van der Waals surface area contributed by atoms with E-state index in [-0.39, 0.29) is 23.6 Å². The van der Waals surface area contributed by atoms with Crippen LogP contribution in [0.15, 0.2) is 0 Å². The first kappa shape index (κ1) is 7.35. The molecule has 3 fully saturated rings. The highest BCUT2D eigenvalue weighted by atomic mass is 32.2. The van der Waals surface area contributed by atoms with Gasteiger partial charge in [-0.15, -0.1) is 0 Å². The summed E-state index contributed by atoms with van der Waals surface area (Å²) in [6.45, 7) is 2.10. The van der Waals surface area contributed by atoms with Crippen molar-refractivity contribution in [2.24, 2.45) is 5.92 Å². The molecule has 0 aromatic carbocycles. The largest absolute Gasteiger partial charge is 0.370 e.